The summed E-state index contributed by atoms with van der Waals surface area (Å²) >= 11 is 0. The van der Waals surface area contributed by atoms with Crippen LogP contribution in [0.5, 0.6) is 0 Å². The van der Waals surface area contributed by atoms with E-state index in [0.29, 0.717) is 0 Å². The van der Waals surface area contributed by atoms with Crippen molar-refractivity contribution in [3.63, 3.8) is 0 Å². The van der Waals surface area contributed by atoms with Gasteiger partial charge >= 0.3 is 11.9 Å². The zero-order valence-corrected chi connectivity index (χ0v) is 32.5. The minimum atomic E-state index is -4.58. The van der Waals surface area contributed by atoms with Crippen LogP contribution in [0, 0.1) is 0 Å². The smallest absolute Gasteiger partial charge is 0.339 e. The van der Waals surface area contributed by atoms with E-state index in [9.17, 15) is 22.6 Å². The third kappa shape index (κ3) is 24.7. The highest BCUT2D eigenvalue weighted by atomic mass is 32.2. The number of esters is 2. The highest BCUT2D eigenvalue weighted by Gasteiger charge is 2.23. The second kappa shape index (κ2) is 31.3. The fourth-order valence-electron chi connectivity index (χ4n) is 6.01. The summed E-state index contributed by atoms with van der Waals surface area (Å²) < 4.78 is 43.6. The van der Waals surface area contributed by atoms with Crippen LogP contribution >= 0.6 is 0 Å². The first-order valence-corrected chi connectivity index (χ1v) is 21.5. The lowest BCUT2D eigenvalue weighted by Gasteiger charge is -2.10. The molecule has 0 saturated heterocycles. The van der Waals surface area contributed by atoms with Gasteiger partial charge in [0.25, 0.3) is 10.1 Å². The van der Waals surface area contributed by atoms with Crippen LogP contribution in [-0.4, -0.2) is 38.1 Å². The monoisotopic (exact) mass is 718 g/mol. The number of hydrogen-bond donors (Lipinski definition) is 1. The van der Waals surface area contributed by atoms with Crippen molar-refractivity contribution < 1.29 is 32.0 Å². The van der Waals surface area contributed by atoms with Crippen molar-refractivity contribution in [3.8, 4) is 0 Å². The Morgan fingerprint density at radius 2 is 0.860 bits per heavy atom. The van der Waals surface area contributed by atoms with E-state index in [1.165, 1.54) is 147 Å². The maximum absolute atomic E-state index is 12.9. The van der Waals surface area contributed by atoms with Gasteiger partial charge in [0.2, 0.25) is 0 Å². The standard InChI is InChI=1S/C42H70O7S/c1-3-5-7-9-11-13-15-17-19-21-23-25-27-29-31-35-48-41(43)39-34-33-38(50(45,46)47)37-40(39)42(44)49-36-32-30-28-26-24-22-20-18-16-14-12-10-8-6-4-2/h29-34,37H,3-28,35-36H2,1-2H3,(H,45,46,47)/b31-29+,32-30+. The Morgan fingerprint density at radius 3 is 1.22 bits per heavy atom. The van der Waals surface area contributed by atoms with Gasteiger partial charge in [0.1, 0.15) is 13.2 Å². The Balaban J connectivity index is 2.33. The third-order valence-electron chi connectivity index (χ3n) is 9.13. The molecule has 0 unspecified atom stereocenters. The van der Waals surface area contributed by atoms with Gasteiger partial charge < -0.3 is 9.47 Å². The number of hydrogen-bond acceptors (Lipinski definition) is 6. The second-order valence-electron chi connectivity index (χ2n) is 13.7. The summed E-state index contributed by atoms with van der Waals surface area (Å²) in [6, 6.07) is 3.19. The summed E-state index contributed by atoms with van der Waals surface area (Å²) in [4.78, 5) is 25.2. The maximum atomic E-state index is 12.9. The molecule has 50 heavy (non-hydrogen) atoms. The molecule has 0 aromatic heterocycles. The summed E-state index contributed by atoms with van der Waals surface area (Å²) in [5.74, 6) is -1.63. The van der Waals surface area contributed by atoms with E-state index in [-0.39, 0.29) is 24.3 Å². The van der Waals surface area contributed by atoms with Crippen molar-refractivity contribution in [3.05, 3.63) is 53.6 Å². The molecule has 0 aliphatic rings. The Hall–Kier alpha value is -2.45. The number of carbonyl (C=O) groups is 2. The molecular formula is C42H70O7S. The van der Waals surface area contributed by atoms with Gasteiger partial charge in [-0.25, -0.2) is 9.59 Å². The van der Waals surface area contributed by atoms with Crippen LogP contribution in [0.25, 0.3) is 0 Å². The number of benzene rings is 1. The van der Waals surface area contributed by atoms with Crippen LogP contribution in [0.3, 0.4) is 0 Å². The number of unbranched alkanes of at least 4 members (excludes halogenated alkanes) is 24. The summed E-state index contributed by atoms with van der Waals surface area (Å²) in [6.45, 7) is 4.52. The van der Waals surface area contributed by atoms with Gasteiger partial charge in [0.05, 0.1) is 16.0 Å². The number of carbonyl (C=O) groups excluding carboxylic acids is 2. The first kappa shape index (κ1) is 45.6. The van der Waals surface area contributed by atoms with E-state index in [2.05, 4.69) is 13.8 Å². The van der Waals surface area contributed by atoms with Gasteiger partial charge in [-0.15, -0.1) is 0 Å². The van der Waals surface area contributed by atoms with E-state index in [1.807, 2.05) is 12.2 Å². The fraction of sp³-hybridized carbons (Fsp3) is 0.714. The van der Waals surface area contributed by atoms with Crippen molar-refractivity contribution in [2.24, 2.45) is 0 Å². The lowest BCUT2D eigenvalue weighted by atomic mass is 10.0. The molecule has 1 aromatic rings. The Labute approximate surface area is 305 Å². The fourth-order valence-corrected chi connectivity index (χ4v) is 6.52. The molecule has 1 aromatic carbocycles. The zero-order valence-electron chi connectivity index (χ0n) is 31.6. The van der Waals surface area contributed by atoms with Crippen LogP contribution < -0.4 is 0 Å². The average molecular weight is 719 g/mol. The lowest BCUT2D eigenvalue weighted by molar-refractivity contribution is 0.0502. The molecule has 0 aliphatic heterocycles. The molecule has 1 N–H and O–H groups in total. The largest absolute Gasteiger partial charge is 0.458 e. The van der Waals surface area contributed by atoms with E-state index in [1.54, 1.807) is 12.2 Å². The van der Waals surface area contributed by atoms with Crippen molar-refractivity contribution in [1.29, 1.82) is 0 Å². The van der Waals surface area contributed by atoms with Crippen molar-refractivity contribution in [2.45, 2.75) is 186 Å². The molecule has 0 radical (unpaired) electrons. The van der Waals surface area contributed by atoms with E-state index in [0.717, 1.165) is 37.8 Å². The molecule has 1 rings (SSSR count). The molecule has 0 bridgehead atoms. The topological polar surface area (TPSA) is 107 Å². The van der Waals surface area contributed by atoms with Crippen molar-refractivity contribution >= 4 is 22.1 Å². The van der Waals surface area contributed by atoms with Crippen molar-refractivity contribution in [1.82, 2.24) is 0 Å². The number of allylic oxidation sites excluding steroid dienone is 2. The number of ether oxygens (including phenoxy) is 2. The first-order valence-electron chi connectivity index (χ1n) is 20.1. The molecule has 286 valence electrons. The van der Waals surface area contributed by atoms with Gasteiger partial charge in [-0.3, -0.25) is 4.55 Å². The highest BCUT2D eigenvalue weighted by Crippen LogP contribution is 2.19. The van der Waals surface area contributed by atoms with Gasteiger partial charge in [-0.1, -0.05) is 179 Å². The van der Waals surface area contributed by atoms with Gasteiger partial charge in [-0.2, -0.15) is 8.42 Å². The van der Waals surface area contributed by atoms with Gasteiger partial charge in [-0.05, 0) is 43.9 Å². The summed E-state index contributed by atoms with van der Waals surface area (Å²) in [5.41, 5.74) is -0.378. The normalized spacial score (nSPS) is 11.9. The Kier molecular flexibility index (Phi) is 28.5. The zero-order chi connectivity index (χ0) is 36.5. The molecule has 0 fully saturated rings. The molecule has 0 saturated carbocycles. The first-order chi connectivity index (χ1) is 24.3. The van der Waals surface area contributed by atoms with E-state index < -0.39 is 27.0 Å². The molecular weight excluding hydrogens is 649 g/mol. The lowest BCUT2D eigenvalue weighted by Crippen LogP contribution is -2.15. The Bertz CT molecular complexity index is 1170. The Morgan fingerprint density at radius 1 is 0.520 bits per heavy atom. The predicted octanol–water partition coefficient (Wildman–Crippen LogP) is 12.5. The minimum Gasteiger partial charge on any atom is -0.458 e. The number of rotatable bonds is 33. The van der Waals surface area contributed by atoms with Crippen LogP contribution in [0.15, 0.2) is 47.4 Å². The quantitative estimate of drug-likeness (QED) is 0.0333. The summed E-state index contributed by atoms with van der Waals surface area (Å²) in [7, 11) is -4.58. The predicted molar refractivity (Wildman–Crippen MR) is 206 cm³/mol. The molecule has 0 spiro atoms. The SMILES string of the molecule is CCCCCCCCCCCCCC/C=C/COC(=O)c1ccc(S(=O)(=O)O)cc1C(=O)OC/C=C/CCCCCCCCCCCCCC. The summed E-state index contributed by atoms with van der Waals surface area (Å²) in [5, 5.41) is 0. The molecule has 7 nitrogen and oxygen atoms in total. The molecule has 0 heterocycles. The minimum absolute atomic E-state index is 0.0104. The molecule has 0 atom stereocenters. The van der Waals surface area contributed by atoms with Crippen LogP contribution in [0.4, 0.5) is 0 Å². The van der Waals surface area contributed by atoms with E-state index in [4.69, 9.17) is 9.47 Å². The molecule has 0 amide bonds. The third-order valence-corrected chi connectivity index (χ3v) is 9.98. The van der Waals surface area contributed by atoms with Gasteiger partial charge in [0.15, 0.2) is 0 Å². The molecule has 8 heteroatoms. The van der Waals surface area contributed by atoms with Crippen LogP contribution in [-0.2, 0) is 19.6 Å². The van der Waals surface area contributed by atoms with E-state index >= 15 is 0 Å². The van der Waals surface area contributed by atoms with Gasteiger partial charge in [0, 0.05) is 0 Å². The second-order valence-corrected chi connectivity index (χ2v) is 15.1. The molecule has 0 aliphatic carbocycles. The highest BCUT2D eigenvalue weighted by molar-refractivity contribution is 7.85. The summed E-state index contributed by atoms with van der Waals surface area (Å²) in [6.07, 6.45) is 40.4. The van der Waals surface area contributed by atoms with Crippen molar-refractivity contribution in [2.75, 3.05) is 13.2 Å². The average Bonchev–Trinajstić information content (AvgIpc) is 3.10. The van der Waals surface area contributed by atoms with Crippen LogP contribution in [0.1, 0.15) is 202 Å². The maximum Gasteiger partial charge on any atom is 0.339 e. The van der Waals surface area contributed by atoms with Crippen LogP contribution in [0.2, 0.25) is 0 Å².